The van der Waals surface area contributed by atoms with Crippen molar-refractivity contribution in [2.24, 2.45) is 0 Å². The molecule has 1 heterocycles. The molecule has 0 spiro atoms. The maximum atomic E-state index is 13.3. The van der Waals surface area contributed by atoms with Crippen molar-refractivity contribution < 1.29 is 17.9 Å². The van der Waals surface area contributed by atoms with E-state index in [1.165, 1.54) is 17.8 Å². The minimum Gasteiger partial charge on any atom is -0.375 e. The van der Waals surface area contributed by atoms with Gasteiger partial charge in [0.2, 0.25) is 0 Å². The van der Waals surface area contributed by atoms with Gasteiger partial charge in [-0.1, -0.05) is 29.8 Å². The lowest BCUT2D eigenvalue weighted by Crippen LogP contribution is -2.39. The van der Waals surface area contributed by atoms with Crippen molar-refractivity contribution in [1.82, 2.24) is 5.32 Å². The Morgan fingerprint density at radius 3 is 2.48 bits per heavy atom. The monoisotopic (exact) mass is 387 g/mol. The lowest BCUT2D eigenvalue weighted by molar-refractivity contribution is -0.139. The van der Waals surface area contributed by atoms with E-state index in [2.05, 4.69) is 5.32 Å². The molecule has 0 aliphatic carbocycles. The number of thioether (sulfide) groups is 1. The maximum absolute atomic E-state index is 13.3. The van der Waals surface area contributed by atoms with Crippen LogP contribution in [-0.2, 0) is 10.9 Å². The van der Waals surface area contributed by atoms with Gasteiger partial charge in [-0.05, 0) is 35.4 Å². The zero-order valence-corrected chi connectivity index (χ0v) is 14.8. The van der Waals surface area contributed by atoms with Crippen LogP contribution < -0.4 is 5.32 Å². The van der Waals surface area contributed by atoms with Crippen LogP contribution in [0.2, 0.25) is 5.02 Å². The first-order valence-corrected chi connectivity index (χ1v) is 9.22. The maximum Gasteiger partial charge on any atom is 0.417 e. The van der Waals surface area contributed by atoms with Crippen molar-refractivity contribution in [3.63, 3.8) is 0 Å². The van der Waals surface area contributed by atoms with E-state index in [-0.39, 0.29) is 11.0 Å². The van der Waals surface area contributed by atoms with Crippen LogP contribution in [0, 0.1) is 0 Å². The lowest BCUT2D eigenvalue weighted by Gasteiger charge is -2.24. The Labute approximate surface area is 153 Å². The van der Waals surface area contributed by atoms with Gasteiger partial charge in [-0.3, -0.25) is 0 Å². The van der Waals surface area contributed by atoms with Crippen LogP contribution in [0.15, 0.2) is 47.4 Å². The molecule has 1 saturated heterocycles. The molecular formula is C18H17ClF3NOS. The Hall–Kier alpha value is -1.21. The number of halogens is 4. The first kappa shape index (κ1) is 18.6. The van der Waals surface area contributed by atoms with Gasteiger partial charge in [-0.2, -0.15) is 13.2 Å². The SMILES string of the molecule is FC(F)(F)c1ccc(-c2ccc(Cl)cc2)cc1SC[C@@H]1CNCCO1. The summed E-state index contributed by atoms with van der Waals surface area (Å²) in [6, 6.07) is 11.3. The highest BCUT2D eigenvalue weighted by Crippen LogP contribution is 2.39. The molecule has 1 aliphatic rings. The fourth-order valence-electron chi connectivity index (χ4n) is 2.61. The van der Waals surface area contributed by atoms with Crippen molar-refractivity contribution in [3.8, 4) is 11.1 Å². The van der Waals surface area contributed by atoms with Gasteiger partial charge in [0.25, 0.3) is 0 Å². The van der Waals surface area contributed by atoms with Gasteiger partial charge in [0, 0.05) is 28.8 Å². The molecule has 7 heteroatoms. The van der Waals surface area contributed by atoms with E-state index in [9.17, 15) is 13.2 Å². The van der Waals surface area contributed by atoms with Gasteiger partial charge in [0.05, 0.1) is 18.3 Å². The minimum atomic E-state index is -4.38. The average Bonchev–Trinajstić information content (AvgIpc) is 2.60. The fraction of sp³-hybridized carbons (Fsp3) is 0.333. The van der Waals surface area contributed by atoms with Gasteiger partial charge in [0.1, 0.15) is 0 Å². The Morgan fingerprint density at radius 2 is 1.84 bits per heavy atom. The number of hydrogen-bond donors (Lipinski definition) is 1. The summed E-state index contributed by atoms with van der Waals surface area (Å²) < 4.78 is 45.6. The van der Waals surface area contributed by atoms with E-state index >= 15 is 0 Å². The number of morpholine rings is 1. The van der Waals surface area contributed by atoms with Gasteiger partial charge in [-0.25, -0.2) is 0 Å². The number of benzene rings is 2. The van der Waals surface area contributed by atoms with Crippen LogP contribution in [0.1, 0.15) is 5.56 Å². The molecule has 1 N–H and O–H groups in total. The van der Waals surface area contributed by atoms with Crippen LogP contribution in [0.4, 0.5) is 13.2 Å². The summed E-state index contributed by atoms with van der Waals surface area (Å²) in [5.74, 6) is 0.472. The average molecular weight is 388 g/mol. The summed E-state index contributed by atoms with van der Waals surface area (Å²) in [4.78, 5) is 0.217. The molecule has 2 nitrogen and oxygen atoms in total. The molecule has 0 unspecified atom stereocenters. The number of rotatable bonds is 4. The first-order chi connectivity index (χ1) is 11.9. The summed E-state index contributed by atoms with van der Waals surface area (Å²) in [5.41, 5.74) is 0.949. The number of nitrogens with one attached hydrogen (secondary N) is 1. The summed E-state index contributed by atoms with van der Waals surface area (Å²) in [6.45, 7) is 2.02. The molecule has 25 heavy (non-hydrogen) atoms. The predicted octanol–water partition coefficient (Wildman–Crippen LogP) is 5.11. The molecule has 3 rings (SSSR count). The Morgan fingerprint density at radius 1 is 1.12 bits per heavy atom. The molecule has 134 valence electrons. The quantitative estimate of drug-likeness (QED) is 0.737. The predicted molar refractivity (Wildman–Crippen MR) is 95.2 cm³/mol. The first-order valence-electron chi connectivity index (χ1n) is 7.86. The normalized spacial score (nSPS) is 18.3. The molecule has 2 aromatic carbocycles. The van der Waals surface area contributed by atoms with Crippen molar-refractivity contribution in [2.75, 3.05) is 25.4 Å². The lowest BCUT2D eigenvalue weighted by atomic mass is 10.0. The molecule has 0 saturated carbocycles. The Kier molecular flexibility index (Phi) is 5.94. The third-order valence-corrected chi connectivity index (χ3v) is 5.33. The molecule has 0 bridgehead atoms. The molecule has 0 aromatic heterocycles. The standard InChI is InChI=1S/C18H17ClF3NOS/c19-14-4-1-12(2-5-14)13-3-6-16(18(20,21)22)17(9-13)25-11-15-10-23-7-8-24-15/h1-6,9,15,23H,7-8,10-11H2/t15-/m0/s1. The second kappa shape index (κ2) is 7.99. The third kappa shape index (κ3) is 4.91. The molecular weight excluding hydrogens is 371 g/mol. The Bertz CT molecular complexity index is 715. The van der Waals surface area contributed by atoms with E-state index in [0.717, 1.165) is 23.7 Å². The number of hydrogen-bond acceptors (Lipinski definition) is 3. The van der Waals surface area contributed by atoms with Crippen LogP contribution in [-0.4, -0.2) is 31.6 Å². The fourth-order valence-corrected chi connectivity index (χ4v) is 3.86. The number of ether oxygens (including phenoxy) is 1. The van der Waals surface area contributed by atoms with Crippen molar-refractivity contribution in [3.05, 3.63) is 53.1 Å². The van der Waals surface area contributed by atoms with E-state index in [1.54, 1.807) is 30.3 Å². The van der Waals surface area contributed by atoms with Crippen LogP contribution in [0.5, 0.6) is 0 Å². The highest BCUT2D eigenvalue weighted by Gasteiger charge is 2.34. The molecule has 2 aromatic rings. The molecule has 1 fully saturated rings. The zero-order chi connectivity index (χ0) is 17.9. The summed E-state index contributed by atoms with van der Waals surface area (Å²) >= 11 is 7.06. The van der Waals surface area contributed by atoms with E-state index in [4.69, 9.17) is 16.3 Å². The third-order valence-electron chi connectivity index (χ3n) is 3.89. The largest absolute Gasteiger partial charge is 0.417 e. The minimum absolute atomic E-state index is 0.0842. The second-order valence-electron chi connectivity index (χ2n) is 5.72. The van der Waals surface area contributed by atoms with Gasteiger partial charge >= 0.3 is 6.18 Å². The highest BCUT2D eigenvalue weighted by atomic mass is 35.5. The van der Waals surface area contributed by atoms with Gasteiger partial charge < -0.3 is 10.1 Å². The molecule has 1 atom stereocenters. The topological polar surface area (TPSA) is 21.3 Å². The molecule has 1 aliphatic heterocycles. The summed E-state index contributed by atoms with van der Waals surface area (Å²) in [6.07, 6.45) is -4.47. The molecule has 0 radical (unpaired) electrons. The van der Waals surface area contributed by atoms with E-state index in [1.807, 2.05) is 0 Å². The van der Waals surface area contributed by atoms with Crippen LogP contribution >= 0.6 is 23.4 Å². The van der Waals surface area contributed by atoms with Crippen LogP contribution in [0.3, 0.4) is 0 Å². The van der Waals surface area contributed by atoms with Crippen molar-refractivity contribution >= 4 is 23.4 Å². The van der Waals surface area contributed by atoms with Gasteiger partial charge in [-0.15, -0.1) is 11.8 Å². The highest BCUT2D eigenvalue weighted by molar-refractivity contribution is 7.99. The number of alkyl halides is 3. The summed E-state index contributed by atoms with van der Waals surface area (Å²) in [5, 5.41) is 3.78. The van der Waals surface area contributed by atoms with Crippen molar-refractivity contribution in [2.45, 2.75) is 17.2 Å². The van der Waals surface area contributed by atoms with Gasteiger partial charge in [0.15, 0.2) is 0 Å². The Balaban J connectivity index is 1.86. The second-order valence-corrected chi connectivity index (χ2v) is 7.22. The summed E-state index contributed by atoms with van der Waals surface area (Å²) in [7, 11) is 0. The van der Waals surface area contributed by atoms with E-state index < -0.39 is 11.7 Å². The zero-order valence-electron chi connectivity index (χ0n) is 13.3. The molecule has 0 amide bonds. The smallest absolute Gasteiger partial charge is 0.375 e. The van der Waals surface area contributed by atoms with Crippen LogP contribution in [0.25, 0.3) is 11.1 Å². The van der Waals surface area contributed by atoms with Crippen molar-refractivity contribution in [1.29, 1.82) is 0 Å². The van der Waals surface area contributed by atoms with E-state index in [0.29, 0.717) is 23.9 Å².